The van der Waals surface area contributed by atoms with E-state index in [1.165, 1.54) is 11.3 Å². The summed E-state index contributed by atoms with van der Waals surface area (Å²) in [5.74, 6) is 0.966. The highest BCUT2D eigenvalue weighted by Crippen LogP contribution is 2.18. The molecule has 88 valence electrons. The molecule has 5 nitrogen and oxygen atoms in total. The quantitative estimate of drug-likeness (QED) is 0.713. The van der Waals surface area contributed by atoms with Crippen LogP contribution in [0.15, 0.2) is 6.33 Å². The zero-order valence-corrected chi connectivity index (χ0v) is 9.62. The van der Waals surface area contributed by atoms with Crippen LogP contribution in [0.25, 0.3) is 0 Å². The molecule has 0 amide bonds. The molecule has 0 unspecified atom stereocenters. The largest absolute Gasteiger partial charge is 0.385 e. The SMILES string of the molecule is COCCCNc1ncnc2c1CNCC2. The summed E-state index contributed by atoms with van der Waals surface area (Å²) >= 11 is 0. The van der Waals surface area contributed by atoms with E-state index in [0.29, 0.717) is 0 Å². The van der Waals surface area contributed by atoms with Gasteiger partial charge in [-0.1, -0.05) is 0 Å². The Hall–Kier alpha value is -1.20. The third kappa shape index (κ3) is 2.68. The number of ether oxygens (including phenoxy) is 1. The van der Waals surface area contributed by atoms with E-state index in [1.807, 2.05) is 0 Å². The molecule has 0 fully saturated rings. The average Bonchev–Trinajstić information content (AvgIpc) is 2.35. The second kappa shape index (κ2) is 5.77. The van der Waals surface area contributed by atoms with Crippen molar-refractivity contribution >= 4 is 5.82 Å². The Morgan fingerprint density at radius 1 is 1.50 bits per heavy atom. The van der Waals surface area contributed by atoms with Crippen molar-refractivity contribution in [3.63, 3.8) is 0 Å². The van der Waals surface area contributed by atoms with Crippen molar-refractivity contribution in [1.29, 1.82) is 0 Å². The third-order valence-corrected chi connectivity index (χ3v) is 2.69. The molecule has 1 aliphatic heterocycles. The summed E-state index contributed by atoms with van der Waals surface area (Å²) in [7, 11) is 1.72. The molecule has 16 heavy (non-hydrogen) atoms. The summed E-state index contributed by atoms with van der Waals surface area (Å²) in [6, 6.07) is 0. The van der Waals surface area contributed by atoms with Gasteiger partial charge in [-0.3, -0.25) is 0 Å². The molecule has 0 bridgehead atoms. The second-order valence-electron chi connectivity index (χ2n) is 3.85. The molecule has 1 aromatic rings. The summed E-state index contributed by atoms with van der Waals surface area (Å²) in [5.41, 5.74) is 2.38. The Morgan fingerprint density at radius 2 is 2.44 bits per heavy atom. The number of anilines is 1. The molecule has 5 heteroatoms. The number of nitrogens with zero attached hydrogens (tertiary/aromatic N) is 2. The van der Waals surface area contributed by atoms with Crippen LogP contribution in [-0.4, -0.2) is 36.8 Å². The molecule has 0 spiro atoms. The minimum atomic E-state index is 0.776. The molecule has 0 saturated carbocycles. The highest BCUT2D eigenvalue weighted by molar-refractivity contribution is 5.46. The van der Waals surface area contributed by atoms with Crippen LogP contribution in [0.4, 0.5) is 5.82 Å². The Balaban J connectivity index is 1.97. The molecule has 0 aromatic carbocycles. The number of aromatic nitrogens is 2. The highest BCUT2D eigenvalue weighted by Gasteiger charge is 2.14. The fourth-order valence-electron chi connectivity index (χ4n) is 1.85. The number of hydrogen-bond donors (Lipinski definition) is 2. The normalized spacial score (nSPS) is 14.6. The van der Waals surface area contributed by atoms with Crippen molar-refractivity contribution in [2.24, 2.45) is 0 Å². The summed E-state index contributed by atoms with van der Waals surface area (Å²) in [6.45, 7) is 3.53. The lowest BCUT2D eigenvalue weighted by atomic mass is 10.1. The van der Waals surface area contributed by atoms with Crippen LogP contribution < -0.4 is 10.6 Å². The minimum absolute atomic E-state index is 0.776. The van der Waals surface area contributed by atoms with Gasteiger partial charge in [0.1, 0.15) is 12.1 Å². The molecular formula is C11H18N4O. The molecule has 0 saturated heterocycles. The number of hydrogen-bond acceptors (Lipinski definition) is 5. The van der Waals surface area contributed by atoms with Gasteiger partial charge < -0.3 is 15.4 Å². The molecule has 0 radical (unpaired) electrons. The maximum absolute atomic E-state index is 5.01. The number of methoxy groups -OCH3 is 1. The van der Waals surface area contributed by atoms with E-state index in [0.717, 1.165) is 44.9 Å². The first-order valence-corrected chi connectivity index (χ1v) is 5.68. The number of fused-ring (bicyclic) bond motifs is 1. The van der Waals surface area contributed by atoms with Gasteiger partial charge in [-0.15, -0.1) is 0 Å². The fraction of sp³-hybridized carbons (Fsp3) is 0.636. The molecular weight excluding hydrogens is 204 g/mol. The van der Waals surface area contributed by atoms with Crippen LogP contribution >= 0.6 is 0 Å². The van der Waals surface area contributed by atoms with Gasteiger partial charge in [-0.25, -0.2) is 9.97 Å². The van der Waals surface area contributed by atoms with E-state index in [-0.39, 0.29) is 0 Å². The van der Waals surface area contributed by atoms with Crippen molar-refractivity contribution < 1.29 is 4.74 Å². The highest BCUT2D eigenvalue weighted by atomic mass is 16.5. The van der Waals surface area contributed by atoms with Crippen LogP contribution in [0.3, 0.4) is 0 Å². The Labute approximate surface area is 95.6 Å². The van der Waals surface area contributed by atoms with E-state index in [4.69, 9.17) is 4.74 Å². The summed E-state index contributed by atoms with van der Waals surface area (Å²) < 4.78 is 5.01. The van der Waals surface area contributed by atoms with E-state index < -0.39 is 0 Å². The summed E-state index contributed by atoms with van der Waals surface area (Å²) in [5, 5.41) is 6.67. The van der Waals surface area contributed by atoms with E-state index in [9.17, 15) is 0 Å². The van der Waals surface area contributed by atoms with Crippen LogP contribution in [0.5, 0.6) is 0 Å². The van der Waals surface area contributed by atoms with E-state index >= 15 is 0 Å². The van der Waals surface area contributed by atoms with Crippen molar-refractivity contribution in [1.82, 2.24) is 15.3 Å². The van der Waals surface area contributed by atoms with Gasteiger partial charge in [0, 0.05) is 45.3 Å². The summed E-state index contributed by atoms with van der Waals surface area (Å²) in [6.07, 6.45) is 3.62. The van der Waals surface area contributed by atoms with Gasteiger partial charge in [0.15, 0.2) is 0 Å². The van der Waals surface area contributed by atoms with Gasteiger partial charge in [-0.2, -0.15) is 0 Å². The van der Waals surface area contributed by atoms with Gasteiger partial charge in [0.2, 0.25) is 0 Å². The van der Waals surface area contributed by atoms with Crippen LogP contribution in [0, 0.1) is 0 Å². The minimum Gasteiger partial charge on any atom is -0.385 e. The molecule has 0 aliphatic carbocycles. The molecule has 2 N–H and O–H groups in total. The second-order valence-corrected chi connectivity index (χ2v) is 3.85. The standard InChI is InChI=1S/C11H18N4O/c1-16-6-2-4-13-11-9-7-12-5-3-10(9)14-8-15-11/h8,12H,2-7H2,1H3,(H,13,14,15). The fourth-order valence-corrected chi connectivity index (χ4v) is 1.85. The lowest BCUT2D eigenvalue weighted by Crippen LogP contribution is -2.26. The molecule has 0 atom stereocenters. The van der Waals surface area contributed by atoms with E-state index in [2.05, 4.69) is 20.6 Å². The third-order valence-electron chi connectivity index (χ3n) is 2.69. The molecule has 1 aliphatic rings. The first-order chi connectivity index (χ1) is 7.92. The van der Waals surface area contributed by atoms with Crippen molar-refractivity contribution in [2.45, 2.75) is 19.4 Å². The zero-order chi connectivity index (χ0) is 11.2. The molecule has 2 heterocycles. The molecule has 1 aromatic heterocycles. The smallest absolute Gasteiger partial charge is 0.134 e. The van der Waals surface area contributed by atoms with Gasteiger partial charge in [0.05, 0.1) is 5.69 Å². The summed E-state index contributed by atoms with van der Waals surface area (Å²) in [4.78, 5) is 8.60. The Bertz CT molecular complexity index is 343. The van der Waals surface area contributed by atoms with Gasteiger partial charge in [-0.05, 0) is 6.42 Å². The first kappa shape index (κ1) is 11.3. The van der Waals surface area contributed by atoms with Crippen molar-refractivity contribution in [3.05, 3.63) is 17.6 Å². The topological polar surface area (TPSA) is 59.1 Å². The number of nitrogens with one attached hydrogen (secondary N) is 2. The predicted molar refractivity (Wildman–Crippen MR) is 62.4 cm³/mol. The maximum atomic E-state index is 5.01. The van der Waals surface area contributed by atoms with Gasteiger partial charge in [0.25, 0.3) is 0 Å². The zero-order valence-electron chi connectivity index (χ0n) is 9.62. The van der Waals surface area contributed by atoms with E-state index in [1.54, 1.807) is 13.4 Å². The van der Waals surface area contributed by atoms with Crippen LogP contribution in [-0.2, 0) is 17.7 Å². The molecule has 2 rings (SSSR count). The Kier molecular flexibility index (Phi) is 4.07. The van der Waals surface area contributed by atoms with Crippen molar-refractivity contribution in [2.75, 3.05) is 32.1 Å². The Morgan fingerprint density at radius 3 is 3.31 bits per heavy atom. The first-order valence-electron chi connectivity index (χ1n) is 5.68. The predicted octanol–water partition coefficient (Wildman–Crippen LogP) is 0.571. The lowest BCUT2D eigenvalue weighted by molar-refractivity contribution is 0.197. The monoisotopic (exact) mass is 222 g/mol. The van der Waals surface area contributed by atoms with Gasteiger partial charge >= 0.3 is 0 Å². The maximum Gasteiger partial charge on any atom is 0.134 e. The number of rotatable bonds is 5. The average molecular weight is 222 g/mol. The van der Waals surface area contributed by atoms with Crippen molar-refractivity contribution in [3.8, 4) is 0 Å². The van der Waals surface area contributed by atoms with Crippen LogP contribution in [0.2, 0.25) is 0 Å². The lowest BCUT2D eigenvalue weighted by Gasteiger charge is -2.18. The van der Waals surface area contributed by atoms with Crippen LogP contribution in [0.1, 0.15) is 17.7 Å².